The average Bonchev–Trinajstić information content (AvgIpc) is 2.63. The lowest BCUT2D eigenvalue weighted by atomic mass is 10.1. The van der Waals surface area contributed by atoms with Gasteiger partial charge in [-0.25, -0.2) is 0 Å². The highest BCUT2D eigenvalue weighted by molar-refractivity contribution is 5.94. The molecule has 1 N–H and O–H groups in total. The van der Waals surface area contributed by atoms with Crippen LogP contribution in [0.5, 0.6) is 0 Å². The molecule has 1 saturated heterocycles. The van der Waals surface area contributed by atoms with E-state index in [4.69, 9.17) is 9.47 Å². The SMILES string of the molecule is COCCN(CC1CN(CC(C)O)CCO1)C(=O)c1ccc(C(F)(F)F)cc1. The Morgan fingerprint density at radius 2 is 2.07 bits per heavy atom. The Morgan fingerprint density at radius 3 is 2.64 bits per heavy atom. The minimum Gasteiger partial charge on any atom is -0.392 e. The average molecular weight is 404 g/mol. The molecule has 28 heavy (non-hydrogen) atoms. The van der Waals surface area contributed by atoms with Crippen LogP contribution in [0.4, 0.5) is 13.2 Å². The number of rotatable bonds is 8. The van der Waals surface area contributed by atoms with Gasteiger partial charge in [0, 0.05) is 45.4 Å². The maximum atomic E-state index is 12.8. The van der Waals surface area contributed by atoms with Gasteiger partial charge in [0.05, 0.1) is 31.0 Å². The zero-order valence-electron chi connectivity index (χ0n) is 16.1. The van der Waals surface area contributed by atoms with Crippen LogP contribution in [0.3, 0.4) is 0 Å². The Balaban J connectivity index is 2.06. The van der Waals surface area contributed by atoms with Crippen molar-refractivity contribution in [3.05, 3.63) is 35.4 Å². The fraction of sp³-hybridized carbons (Fsp3) is 0.632. The van der Waals surface area contributed by atoms with E-state index >= 15 is 0 Å². The maximum absolute atomic E-state index is 12.8. The summed E-state index contributed by atoms with van der Waals surface area (Å²) in [7, 11) is 1.52. The van der Waals surface area contributed by atoms with E-state index in [1.807, 2.05) is 0 Å². The normalized spacial score (nSPS) is 19.4. The highest BCUT2D eigenvalue weighted by atomic mass is 19.4. The lowest BCUT2D eigenvalue weighted by Gasteiger charge is -2.36. The van der Waals surface area contributed by atoms with Crippen molar-refractivity contribution >= 4 is 5.91 Å². The molecule has 6 nitrogen and oxygen atoms in total. The third-order valence-corrected chi connectivity index (χ3v) is 4.48. The lowest BCUT2D eigenvalue weighted by Crippen LogP contribution is -2.50. The molecule has 0 aromatic heterocycles. The number of benzene rings is 1. The van der Waals surface area contributed by atoms with Gasteiger partial charge in [-0.1, -0.05) is 0 Å². The van der Waals surface area contributed by atoms with E-state index in [1.165, 1.54) is 24.1 Å². The second-order valence-electron chi connectivity index (χ2n) is 6.92. The summed E-state index contributed by atoms with van der Waals surface area (Å²) in [6.45, 7) is 4.88. The van der Waals surface area contributed by atoms with Gasteiger partial charge >= 0.3 is 6.18 Å². The number of carbonyl (C=O) groups excluding carboxylic acids is 1. The molecule has 0 saturated carbocycles. The minimum absolute atomic E-state index is 0.181. The number of hydrogen-bond donors (Lipinski definition) is 1. The fourth-order valence-corrected chi connectivity index (χ4v) is 3.14. The zero-order chi connectivity index (χ0) is 20.7. The molecule has 1 heterocycles. The van der Waals surface area contributed by atoms with E-state index in [-0.39, 0.29) is 17.6 Å². The van der Waals surface area contributed by atoms with Crippen LogP contribution in [0.15, 0.2) is 24.3 Å². The second kappa shape index (κ2) is 10.2. The summed E-state index contributed by atoms with van der Waals surface area (Å²) in [6, 6.07) is 4.19. The zero-order valence-corrected chi connectivity index (χ0v) is 16.1. The lowest BCUT2D eigenvalue weighted by molar-refractivity contribution is -0.137. The number of nitrogens with zero attached hydrogens (tertiary/aromatic N) is 2. The molecule has 1 aliphatic rings. The van der Waals surface area contributed by atoms with Gasteiger partial charge in [0.1, 0.15) is 0 Å². The second-order valence-corrected chi connectivity index (χ2v) is 6.92. The molecule has 1 amide bonds. The largest absolute Gasteiger partial charge is 0.416 e. The molecule has 2 unspecified atom stereocenters. The number of morpholine rings is 1. The van der Waals surface area contributed by atoms with E-state index in [0.717, 1.165) is 12.1 Å². The van der Waals surface area contributed by atoms with Crippen LogP contribution in [0, 0.1) is 0 Å². The van der Waals surface area contributed by atoms with E-state index < -0.39 is 17.8 Å². The third kappa shape index (κ3) is 6.73. The van der Waals surface area contributed by atoms with Crippen molar-refractivity contribution in [3.63, 3.8) is 0 Å². The number of aliphatic hydroxyl groups excluding tert-OH is 1. The van der Waals surface area contributed by atoms with Crippen LogP contribution in [-0.4, -0.2) is 86.1 Å². The Labute approximate surface area is 162 Å². The van der Waals surface area contributed by atoms with Crippen molar-refractivity contribution in [1.29, 1.82) is 0 Å². The summed E-state index contributed by atoms with van der Waals surface area (Å²) in [6.07, 6.45) is -5.15. The molecule has 2 rings (SSSR count). The standard InChI is InChI=1S/C19H27F3N2O4/c1-14(25)11-23-7-10-28-17(12-23)13-24(8-9-27-2)18(26)15-3-5-16(6-4-15)19(20,21)22/h3-6,14,17,25H,7-13H2,1-2H3. The van der Waals surface area contributed by atoms with Crippen LogP contribution in [0.1, 0.15) is 22.8 Å². The molecule has 0 bridgehead atoms. The number of hydrogen-bond acceptors (Lipinski definition) is 5. The summed E-state index contributed by atoms with van der Waals surface area (Å²) in [5.74, 6) is -0.373. The molecular weight excluding hydrogens is 377 g/mol. The molecule has 9 heteroatoms. The van der Waals surface area contributed by atoms with Gasteiger partial charge < -0.3 is 19.5 Å². The number of ether oxygens (including phenoxy) is 2. The van der Waals surface area contributed by atoms with Crippen LogP contribution in [0.2, 0.25) is 0 Å². The van der Waals surface area contributed by atoms with Gasteiger partial charge in [-0.2, -0.15) is 13.2 Å². The van der Waals surface area contributed by atoms with E-state index in [2.05, 4.69) is 4.90 Å². The number of amides is 1. The van der Waals surface area contributed by atoms with Crippen LogP contribution in [-0.2, 0) is 15.7 Å². The summed E-state index contributed by atoms with van der Waals surface area (Å²) in [4.78, 5) is 16.4. The molecule has 1 aromatic carbocycles. The Morgan fingerprint density at radius 1 is 1.39 bits per heavy atom. The fourth-order valence-electron chi connectivity index (χ4n) is 3.14. The van der Waals surface area contributed by atoms with Crippen LogP contribution < -0.4 is 0 Å². The monoisotopic (exact) mass is 404 g/mol. The quantitative estimate of drug-likeness (QED) is 0.717. The molecule has 0 radical (unpaired) electrons. The summed E-state index contributed by atoms with van der Waals surface area (Å²) in [5.41, 5.74) is -0.613. The molecule has 1 fully saturated rings. The summed E-state index contributed by atoms with van der Waals surface area (Å²) in [5, 5.41) is 9.56. The predicted octanol–water partition coefficient (Wildman–Crippen LogP) is 1.88. The summed E-state index contributed by atoms with van der Waals surface area (Å²) >= 11 is 0. The third-order valence-electron chi connectivity index (χ3n) is 4.48. The van der Waals surface area contributed by atoms with Gasteiger partial charge in [-0.3, -0.25) is 9.69 Å². The first-order valence-corrected chi connectivity index (χ1v) is 9.18. The Kier molecular flexibility index (Phi) is 8.23. The van der Waals surface area contributed by atoms with Gasteiger partial charge in [0.25, 0.3) is 5.91 Å². The molecule has 1 aromatic rings. The van der Waals surface area contributed by atoms with Gasteiger partial charge in [-0.05, 0) is 31.2 Å². The molecular formula is C19H27F3N2O4. The Bertz CT molecular complexity index is 623. The van der Waals surface area contributed by atoms with Crippen molar-refractivity contribution in [1.82, 2.24) is 9.80 Å². The van der Waals surface area contributed by atoms with Crippen molar-refractivity contribution in [2.75, 3.05) is 53.0 Å². The van der Waals surface area contributed by atoms with Gasteiger partial charge in [-0.15, -0.1) is 0 Å². The van der Waals surface area contributed by atoms with Crippen molar-refractivity contribution in [2.45, 2.75) is 25.3 Å². The summed E-state index contributed by atoms with van der Waals surface area (Å²) < 4.78 is 49.0. The molecule has 158 valence electrons. The van der Waals surface area contributed by atoms with E-state index in [0.29, 0.717) is 45.9 Å². The van der Waals surface area contributed by atoms with Crippen LogP contribution >= 0.6 is 0 Å². The number of alkyl halides is 3. The smallest absolute Gasteiger partial charge is 0.392 e. The van der Waals surface area contributed by atoms with Crippen molar-refractivity contribution < 1.29 is 32.5 Å². The predicted molar refractivity (Wildman–Crippen MR) is 97.1 cm³/mol. The number of β-amino-alcohol motifs (C(OH)–C–C–N with tert-alkyl or cyclic N) is 1. The highest BCUT2D eigenvalue weighted by Gasteiger charge is 2.31. The van der Waals surface area contributed by atoms with Crippen molar-refractivity contribution in [3.8, 4) is 0 Å². The highest BCUT2D eigenvalue weighted by Crippen LogP contribution is 2.29. The van der Waals surface area contributed by atoms with E-state index in [1.54, 1.807) is 6.92 Å². The molecule has 1 aliphatic heterocycles. The number of methoxy groups -OCH3 is 1. The maximum Gasteiger partial charge on any atom is 0.416 e. The Hall–Kier alpha value is -1.68. The number of halogens is 3. The van der Waals surface area contributed by atoms with Gasteiger partial charge in [0.2, 0.25) is 0 Å². The van der Waals surface area contributed by atoms with Crippen molar-refractivity contribution in [2.24, 2.45) is 0 Å². The minimum atomic E-state index is -4.44. The van der Waals surface area contributed by atoms with Gasteiger partial charge in [0.15, 0.2) is 0 Å². The first kappa shape index (κ1) is 22.6. The number of carbonyl (C=O) groups is 1. The topological polar surface area (TPSA) is 62.2 Å². The molecule has 0 aliphatic carbocycles. The first-order chi connectivity index (χ1) is 13.2. The number of aliphatic hydroxyl groups is 1. The van der Waals surface area contributed by atoms with E-state index in [9.17, 15) is 23.1 Å². The van der Waals surface area contributed by atoms with Crippen LogP contribution in [0.25, 0.3) is 0 Å². The molecule has 0 spiro atoms. The molecule has 2 atom stereocenters. The first-order valence-electron chi connectivity index (χ1n) is 9.18.